The molecule has 0 bridgehead atoms. The first-order valence-electron chi connectivity index (χ1n) is 4.09. The minimum atomic E-state index is -0.0139. The van der Waals surface area contributed by atoms with E-state index in [4.69, 9.17) is 9.47 Å². The van der Waals surface area contributed by atoms with Gasteiger partial charge in [-0.05, 0) is 19.3 Å². The summed E-state index contributed by atoms with van der Waals surface area (Å²) in [5.74, 6) is 0.551. The van der Waals surface area contributed by atoms with Gasteiger partial charge in [-0.15, -0.1) is 0 Å². The highest BCUT2D eigenvalue weighted by atomic mass is 16.7. The zero-order valence-corrected chi connectivity index (χ0v) is 7.25. The Morgan fingerprint density at radius 2 is 2.00 bits per heavy atom. The molecule has 0 aromatic heterocycles. The molecule has 1 rings (SSSR count). The molecule has 2 heteroatoms. The summed E-state index contributed by atoms with van der Waals surface area (Å²) in [6.07, 6.45) is 7.85. The lowest BCUT2D eigenvalue weighted by atomic mass is 9.94. The average Bonchev–Trinajstić information content (AvgIpc) is 2.09. The van der Waals surface area contributed by atoms with Crippen molar-refractivity contribution < 1.29 is 9.47 Å². The predicted molar refractivity (Wildman–Crippen MR) is 44.3 cm³/mol. The minimum absolute atomic E-state index is 0.0139. The summed E-state index contributed by atoms with van der Waals surface area (Å²) in [4.78, 5) is 0. The molecule has 0 fully saturated rings. The van der Waals surface area contributed by atoms with Crippen LogP contribution in [0.5, 0.6) is 0 Å². The molecule has 1 aliphatic rings. The van der Waals surface area contributed by atoms with Crippen molar-refractivity contribution in [2.45, 2.75) is 25.6 Å². The van der Waals surface area contributed by atoms with Crippen molar-refractivity contribution in [3.05, 3.63) is 12.2 Å². The maximum Gasteiger partial charge on any atom is 0.159 e. The van der Waals surface area contributed by atoms with E-state index in [-0.39, 0.29) is 6.29 Å². The summed E-state index contributed by atoms with van der Waals surface area (Å²) in [7, 11) is 3.40. The van der Waals surface area contributed by atoms with Crippen LogP contribution in [0.3, 0.4) is 0 Å². The Balaban J connectivity index is 2.38. The third-order valence-corrected chi connectivity index (χ3v) is 2.16. The maximum atomic E-state index is 5.18. The molecule has 0 aromatic carbocycles. The molecule has 1 aliphatic carbocycles. The SMILES string of the molecule is COC(OC)[C@@H]1CC=CCC1. The highest BCUT2D eigenvalue weighted by molar-refractivity contribution is 4.90. The van der Waals surface area contributed by atoms with Crippen molar-refractivity contribution in [1.82, 2.24) is 0 Å². The molecular weight excluding hydrogens is 140 g/mol. The minimum Gasteiger partial charge on any atom is -0.356 e. The first-order valence-corrected chi connectivity index (χ1v) is 4.09. The first kappa shape index (κ1) is 8.75. The summed E-state index contributed by atoms with van der Waals surface area (Å²) in [6.45, 7) is 0. The average molecular weight is 156 g/mol. The molecule has 11 heavy (non-hydrogen) atoms. The molecule has 64 valence electrons. The largest absolute Gasteiger partial charge is 0.356 e. The molecular formula is C9H16O2. The van der Waals surface area contributed by atoms with Crippen molar-refractivity contribution in [2.24, 2.45) is 5.92 Å². The topological polar surface area (TPSA) is 18.5 Å². The Kier molecular flexibility index (Phi) is 3.60. The van der Waals surface area contributed by atoms with Gasteiger partial charge in [0.1, 0.15) is 0 Å². The van der Waals surface area contributed by atoms with Crippen molar-refractivity contribution in [2.75, 3.05) is 14.2 Å². The first-order chi connectivity index (χ1) is 5.38. The van der Waals surface area contributed by atoms with Crippen LogP contribution in [0.2, 0.25) is 0 Å². The van der Waals surface area contributed by atoms with Gasteiger partial charge in [0.25, 0.3) is 0 Å². The number of hydrogen-bond donors (Lipinski definition) is 0. The van der Waals surface area contributed by atoms with E-state index in [0.29, 0.717) is 5.92 Å². The van der Waals surface area contributed by atoms with Gasteiger partial charge < -0.3 is 9.47 Å². The fourth-order valence-corrected chi connectivity index (χ4v) is 1.55. The van der Waals surface area contributed by atoms with Crippen LogP contribution in [0, 0.1) is 5.92 Å². The van der Waals surface area contributed by atoms with Crippen LogP contribution in [0.15, 0.2) is 12.2 Å². The molecule has 2 nitrogen and oxygen atoms in total. The van der Waals surface area contributed by atoms with Crippen LogP contribution in [0.1, 0.15) is 19.3 Å². The van der Waals surface area contributed by atoms with E-state index >= 15 is 0 Å². The fourth-order valence-electron chi connectivity index (χ4n) is 1.55. The third-order valence-electron chi connectivity index (χ3n) is 2.16. The summed E-state index contributed by atoms with van der Waals surface area (Å²) < 4.78 is 10.4. The molecule has 0 unspecified atom stereocenters. The lowest BCUT2D eigenvalue weighted by Gasteiger charge is -2.25. The Morgan fingerprint density at radius 3 is 2.45 bits per heavy atom. The van der Waals surface area contributed by atoms with Gasteiger partial charge in [-0.1, -0.05) is 12.2 Å². The van der Waals surface area contributed by atoms with Gasteiger partial charge in [-0.3, -0.25) is 0 Å². The van der Waals surface area contributed by atoms with E-state index in [0.717, 1.165) is 12.8 Å². The number of methoxy groups -OCH3 is 2. The molecule has 0 spiro atoms. The van der Waals surface area contributed by atoms with Crippen molar-refractivity contribution >= 4 is 0 Å². The second kappa shape index (κ2) is 4.52. The van der Waals surface area contributed by atoms with E-state index in [9.17, 15) is 0 Å². The van der Waals surface area contributed by atoms with Crippen LogP contribution >= 0.6 is 0 Å². The number of ether oxygens (including phenoxy) is 2. The second-order valence-electron chi connectivity index (χ2n) is 2.88. The van der Waals surface area contributed by atoms with E-state index < -0.39 is 0 Å². The molecule has 0 aromatic rings. The van der Waals surface area contributed by atoms with Gasteiger partial charge in [0.15, 0.2) is 6.29 Å². The lowest BCUT2D eigenvalue weighted by molar-refractivity contribution is -0.138. The summed E-state index contributed by atoms with van der Waals surface area (Å²) in [5, 5.41) is 0. The monoisotopic (exact) mass is 156 g/mol. The third kappa shape index (κ3) is 2.31. The van der Waals surface area contributed by atoms with Crippen molar-refractivity contribution in [3.63, 3.8) is 0 Å². The molecule has 0 saturated heterocycles. The Morgan fingerprint density at radius 1 is 1.27 bits per heavy atom. The zero-order valence-electron chi connectivity index (χ0n) is 7.25. The molecule has 0 radical (unpaired) electrons. The highest BCUT2D eigenvalue weighted by Crippen LogP contribution is 2.23. The summed E-state index contributed by atoms with van der Waals surface area (Å²) >= 11 is 0. The molecule has 0 saturated carbocycles. The van der Waals surface area contributed by atoms with Gasteiger partial charge in [0, 0.05) is 20.1 Å². The Labute approximate surface area is 68.2 Å². The maximum absolute atomic E-state index is 5.18. The van der Waals surface area contributed by atoms with E-state index in [1.165, 1.54) is 6.42 Å². The number of rotatable bonds is 3. The highest BCUT2D eigenvalue weighted by Gasteiger charge is 2.20. The predicted octanol–water partition coefficient (Wildman–Crippen LogP) is 1.96. The van der Waals surface area contributed by atoms with E-state index in [1.807, 2.05) is 0 Å². The molecule has 0 heterocycles. The number of allylic oxidation sites excluding steroid dienone is 2. The van der Waals surface area contributed by atoms with Crippen LogP contribution in [-0.2, 0) is 9.47 Å². The van der Waals surface area contributed by atoms with Gasteiger partial charge >= 0.3 is 0 Å². The summed E-state index contributed by atoms with van der Waals surface area (Å²) in [6, 6.07) is 0. The second-order valence-corrected chi connectivity index (χ2v) is 2.88. The molecule has 0 amide bonds. The Bertz CT molecular complexity index is 128. The standard InChI is InChI=1S/C9H16O2/c1-10-9(11-2)8-6-4-3-5-7-8/h3-4,8-9H,5-7H2,1-2H3/t8-/m1/s1. The van der Waals surface area contributed by atoms with Crippen molar-refractivity contribution in [1.29, 1.82) is 0 Å². The van der Waals surface area contributed by atoms with Crippen LogP contribution in [0.4, 0.5) is 0 Å². The quantitative estimate of drug-likeness (QED) is 0.459. The normalized spacial score (nSPS) is 24.5. The molecule has 0 N–H and O–H groups in total. The smallest absolute Gasteiger partial charge is 0.159 e. The zero-order chi connectivity index (χ0) is 8.10. The molecule has 0 aliphatic heterocycles. The van der Waals surface area contributed by atoms with Crippen LogP contribution < -0.4 is 0 Å². The van der Waals surface area contributed by atoms with Crippen LogP contribution in [0.25, 0.3) is 0 Å². The van der Waals surface area contributed by atoms with Gasteiger partial charge in [-0.25, -0.2) is 0 Å². The van der Waals surface area contributed by atoms with Gasteiger partial charge in [0.05, 0.1) is 0 Å². The van der Waals surface area contributed by atoms with Crippen molar-refractivity contribution in [3.8, 4) is 0 Å². The molecule has 1 atom stereocenters. The van der Waals surface area contributed by atoms with E-state index in [2.05, 4.69) is 12.2 Å². The Hall–Kier alpha value is -0.340. The lowest BCUT2D eigenvalue weighted by Crippen LogP contribution is -2.25. The van der Waals surface area contributed by atoms with Crippen LogP contribution in [-0.4, -0.2) is 20.5 Å². The van der Waals surface area contributed by atoms with Gasteiger partial charge in [0.2, 0.25) is 0 Å². The fraction of sp³-hybridized carbons (Fsp3) is 0.778. The summed E-state index contributed by atoms with van der Waals surface area (Å²) in [5.41, 5.74) is 0. The van der Waals surface area contributed by atoms with E-state index in [1.54, 1.807) is 14.2 Å². The van der Waals surface area contributed by atoms with Gasteiger partial charge in [-0.2, -0.15) is 0 Å². The number of hydrogen-bond acceptors (Lipinski definition) is 2.